The molecular formula is C12H9NO2. The van der Waals surface area contributed by atoms with Crippen molar-refractivity contribution in [1.82, 2.24) is 4.90 Å². The van der Waals surface area contributed by atoms with Gasteiger partial charge in [-0.2, -0.15) is 0 Å². The molecule has 0 atom stereocenters. The molecule has 0 fully saturated rings. The molecule has 15 heavy (non-hydrogen) atoms. The Morgan fingerprint density at radius 1 is 1.13 bits per heavy atom. The second-order valence-electron chi connectivity index (χ2n) is 3.19. The zero-order valence-electron chi connectivity index (χ0n) is 8.06. The predicted octanol–water partition coefficient (Wildman–Crippen LogP) is 1.98. The van der Waals surface area contributed by atoms with E-state index in [4.69, 9.17) is 0 Å². The van der Waals surface area contributed by atoms with E-state index in [1.54, 1.807) is 24.3 Å². The number of imide groups is 1. The van der Waals surface area contributed by atoms with Gasteiger partial charge in [-0.3, -0.25) is 9.59 Å². The van der Waals surface area contributed by atoms with Gasteiger partial charge in [-0.1, -0.05) is 25.3 Å². The molecule has 0 spiro atoms. The number of benzene rings is 1. The molecule has 0 aliphatic carbocycles. The molecule has 0 saturated heterocycles. The number of carbonyl (C=O) groups is 2. The zero-order valence-corrected chi connectivity index (χ0v) is 8.06. The maximum Gasteiger partial charge on any atom is 0.266 e. The summed E-state index contributed by atoms with van der Waals surface area (Å²) in [5.41, 5.74) is 1.15. The number of rotatable bonds is 2. The molecule has 0 aromatic heterocycles. The van der Waals surface area contributed by atoms with Crippen LogP contribution in [0.15, 0.2) is 49.2 Å². The molecule has 0 bridgehead atoms. The lowest BCUT2D eigenvalue weighted by molar-refractivity contribution is 0.0710. The number of fused-ring (bicyclic) bond motifs is 1. The van der Waals surface area contributed by atoms with E-state index in [0.717, 1.165) is 4.90 Å². The summed E-state index contributed by atoms with van der Waals surface area (Å²) in [6, 6.07) is 6.71. The molecule has 3 heteroatoms. The molecule has 2 amide bonds. The lowest BCUT2D eigenvalue weighted by Crippen LogP contribution is -2.27. The number of amides is 2. The highest BCUT2D eigenvalue weighted by atomic mass is 16.2. The van der Waals surface area contributed by atoms with Gasteiger partial charge in [0.1, 0.15) is 0 Å². The van der Waals surface area contributed by atoms with Crippen LogP contribution in [0.1, 0.15) is 20.7 Å². The molecule has 1 aliphatic heterocycles. The summed E-state index contributed by atoms with van der Waals surface area (Å²) in [5.74, 6) is -0.666. The normalized spacial score (nSPS) is 14.0. The predicted molar refractivity (Wildman–Crippen MR) is 56.3 cm³/mol. The summed E-state index contributed by atoms with van der Waals surface area (Å²) >= 11 is 0. The van der Waals surface area contributed by atoms with Gasteiger partial charge in [0.2, 0.25) is 0 Å². The molecule has 3 nitrogen and oxygen atoms in total. The third-order valence-electron chi connectivity index (χ3n) is 2.32. The van der Waals surface area contributed by atoms with Crippen LogP contribution >= 0.6 is 0 Å². The van der Waals surface area contributed by atoms with Crippen LogP contribution in [0, 0.1) is 0 Å². The lowest BCUT2D eigenvalue weighted by Gasteiger charge is -2.12. The minimum absolute atomic E-state index is 0.307. The zero-order chi connectivity index (χ0) is 11.0. The lowest BCUT2D eigenvalue weighted by atomic mass is 10.1. The first kappa shape index (κ1) is 9.40. The summed E-state index contributed by atoms with van der Waals surface area (Å²) in [6.07, 6.45) is 1.39. The fraction of sp³-hybridized carbons (Fsp3) is 0. The molecule has 1 heterocycles. The first-order valence-electron chi connectivity index (χ1n) is 4.46. The molecule has 0 N–H and O–H groups in total. The highest BCUT2D eigenvalue weighted by Crippen LogP contribution is 2.25. The first-order chi connectivity index (χ1) is 7.16. The number of allylic oxidation sites excluding steroid dienone is 1. The number of carbonyl (C=O) groups excluding carboxylic acids is 2. The van der Waals surface area contributed by atoms with E-state index in [1.807, 2.05) is 0 Å². The van der Waals surface area contributed by atoms with E-state index in [-0.39, 0.29) is 11.8 Å². The largest absolute Gasteiger partial charge is 0.268 e. The third-order valence-corrected chi connectivity index (χ3v) is 2.32. The van der Waals surface area contributed by atoms with Gasteiger partial charge in [-0.05, 0) is 18.2 Å². The molecular weight excluding hydrogens is 190 g/mol. The SMILES string of the molecule is C=CC(=C)N1C(=O)c2ccccc2C1=O. The maximum absolute atomic E-state index is 11.8. The Hall–Kier alpha value is -2.16. The van der Waals surface area contributed by atoms with Crippen LogP contribution in [0.3, 0.4) is 0 Å². The molecule has 0 saturated carbocycles. The topological polar surface area (TPSA) is 37.4 Å². The number of hydrogen-bond acceptors (Lipinski definition) is 2. The van der Waals surface area contributed by atoms with E-state index in [2.05, 4.69) is 13.2 Å². The van der Waals surface area contributed by atoms with Crippen LogP contribution in [0.2, 0.25) is 0 Å². The Morgan fingerprint density at radius 3 is 2.00 bits per heavy atom. The second-order valence-corrected chi connectivity index (χ2v) is 3.19. The van der Waals surface area contributed by atoms with E-state index in [0.29, 0.717) is 16.8 Å². The van der Waals surface area contributed by atoms with Crippen molar-refractivity contribution in [2.24, 2.45) is 0 Å². The van der Waals surface area contributed by atoms with Crippen molar-refractivity contribution in [3.63, 3.8) is 0 Å². The van der Waals surface area contributed by atoms with Gasteiger partial charge in [0.15, 0.2) is 0 Å². The van der Waals surface area contributed by atoms with Crippen molar-refractivity contribution in [2.75, 3.05) is 0 Å². The highest BCUT2D eigenvalue weighted by Gasteiger charge is 2.35. The van der Waals surface area contributed by atoms with Crippen LogP contribution in [0.5, 0.6) is 0 Å². The third kappa shape index (κ3) is 1.21. The fourth-order valence-electron chi connectivity index (χ4n) is 1.54. The average Bonchev–Trinajstić information content (AvgIpc) is 2.52. The van der Waals surface area contributed by atoms with Crippen LogP contribution in [-0.4, -0.2) is 16.7 Å². The Morgan fingerprint density at radius 2 is 1.60 bits per heavy atom. The first-order valence-corrected chi connectivity index (χ1v) is 4.46. The van der Waals surface area contributed by atoms with Gasteiger partial charge in [0.05, 0.1) is 11.1 Å². The fourth-order valence-corrected chi connectivity index (χ4v) is 1.54. The smallest absolute Gasteiger partial charge is 0.266 e. The Kier molecular flexibility index (Phi) is 2.01. The van der Waals surface area contributed by atoms with E-state index < -0.39 is 0 Å². The Balaban J connectivity index is 2.55. The van der Waals surface area contributed by atoms with E-state index in [1.165, 1.54) is 6.08 Å². The Labute approximate surface area is 87.3 Å². The van der Waals surface area contributed by atoms with Gasteiger partial charge >= 0.3 is 0 Å². The summed E-state index contributed by atoms with van der Waals surface area (Å²) in [6.45, 7) is 7.10. The second kappa shape index (κ2) is 3.20. The van der Waals surface area contributed by atoms with Gasteiger partial charge < -0.3 is 0 Å². The molecule has 1 aliphatic rings. The van der Waals surface area contributed by atoms with Gasteiger partial charge in [-0.15, -0.1) is 0 Å². The minimum atomic E-state index is -0.333. The van der Waals surface area contributed by atoms with Crippen LogP contribution in [-0.2, 0) is 0 Å². The Bertz CT molecular complexity index is 453. The van der Waals surface area contributed by atoms with Crippen LogP contribution in [0.4, 0.5) is 0 Å². The number of nitrogens with zero attached hydrogens (tertiary/aromatic N) is 1. The van der Waals surface area contributed by atoms with Crippen molar-refractivity contribution in [2.45, 2.75) is 0 Å². The standard InChI is InChI=1S/C12H9NO2/c1-3-8(2)13-11(14)9-6-4-5-7-10(9)12(13)15/h3-7H,1-2H2. The van der Waals surface area contributed by atoms with Crippen molar-refractivity contribution >= 4 is 11.8 Å². The summed E-state index contributed by atoms with van der Waals surface area (Å²) in [4.78, 5) is 24.6. The molecule has 2 rings (SSSR count). The monoisotopic (exact) mass is 199 g/mol. The van der Waals surface area contributed by atoms with Crippen LogP contribution < -0.4 is 0 Å². The van der Waals surface area contributed by atoms with Crippen molar-refractivity contribution in [3.05, 3.63) is 60.3 Å². The molecule has 0 radical (unpaired) electrons. The molecule has 74 valence electrons. The quantitative estimate of drug-likeness (QED) is 0.539. The van der Waals surface area contributed by atoms with Crippen molar-refractivity contribution < 1.29 is 9.59 Å². The molecule has 1 aromatic rings. The van der Waals surface area contributed by atoms with Gasteiger partial charge in [-0.25, -0.2) is 4.90 Å². The van der Waals surface area contributed by atoms with Gasteiger partial charge in [0, 0.05) is 5.70 Å². The van der Waals surface area contributed by atoms with Gasteiger partial charge in [0.25, 0.3) is 11.8 Å². The van der Waals surface area contributed by atoms with E-state index in [9.17, 15) is 9.59 Å². The highest BCUT2D eigenvalue weighted by molar-refractivity contribution is 6.22. The average molecular weight is 199 g/mol. The summed E-state index contributed by atoms with van der Waals surface area (Å²) < 4.78 is 0. The molecule has 1 aromatic carbocycles. The van der Waals surface area contributed by atoms with Crippen LogP contribution in [0.25, 0.3) is 0 Å². The van der Waals surface area contributed by atoms with Crippen molar-refractivity contribution in [3.8, 4) is 0 Å². The summed E-state index contributed by atoms with van der Waals surface area (Å²) in [7, 11) is 0. The number of hydrogen-bond donors (Lipinski definition) is 0. The maximum atomic E-state index is 11.8. The minimum Gasteiger partial charge on any atom is -0.268 e. The van der Waals surface area contributed by atoms with E-state index >= 15 is 0 Å². The summed E-state index contributed by atoms with van der Waals surface area (Å²) in [5, 5.41) is 0. The molecule has 0 unspecified atom stereocenters. The van der Waals surface area contributed by atoms with Crippen molar-refractivity contribution in [1.29, 1.82) is 0 Å².